The molecule has 0 aliphatic carbocycles. The van der Waals surface area contributed by atoms with Gasteiger partial charge in [0, 0.05) is 11.3 Å². The first-order chi connectivity index (χ1) is 10.2. The predicted molar refractivity (Wildman–Crippen MR) is 91.9 cm³/mol. The van der Waals surface area contributed by atoms with Crippen molar-refractivity contribution in [3.05, 3.63) is 53.0 Å². The number of hydrogen-bond acceptors (Lipinski definition) is 3. The second-order valence-corrected chi connectivity index (χ2v) is 8.51. The number of nitrogen functional groups attached to an aromatic ring is 1. The van der Waals surface area contributed by atoms with Crippen LogP contribution in [0.4, 0.5) is 5.69 Å². The van der Waals surface area contributed by atoms with Crippen LogP contribution >= 0.6 is 0 Å². The molecular weight excluding hydrogens is 296 g/mol. The van der Waals surface area contributed by atoms with Gasteiger partial charge >= 0.3 is 0 Å². The molecule has 4 nitrogen and oxygen atoms in total. The van der Waals surface area contributed by atoms with Crippen LogP contribution in [0, 0.1) is 13.8 Å². The SMILES string of the molecule is Cc1ccc(C(NS(=O)C(C)(C)C)c2ccc(C)o2)c(N)c1. The number of anilines is 1. The van der Waals surface area contributed by atoms with Gasteiger partial charge in [-0.05, 0) is 58.4 Å². The van der Waals surface area contributed by atoms with E-state index in [0.29, 0.717) is 11.4 Å². The number of benzene rings is 1. The third kappa shape index (κ3) is 3.78. The van der Waals surface area contributed by atoms with Gasteiger partial charge in [-0.15, -0.1) is 0 Å². The summed E-state index contributed by atoms with van der Waals surface area (Å²) < 4.78 is 21.1. The van der Waals surface area contributed by atoms with Gasteiger partial charge in [0.15, 0.2) is 0 Å². The zero-order chi connectivity index (χ0) is 16.5. The lowest BCUT2D eigenvalue weighted by Gasteiger charge is -2.24. The molecule has 3 N–H and O–H groups in total. The van der Waals surface area contributed by atoms with Gasteiger partial charge in [0.1, 0.15) is 17.6 Å². The van der Waals surface area contributed by atoms with E-state index in [0.717, 1.165) is 16.9 Å². The summed E-state index contributed by atoms with van der Waals surface area (Å²) in [6.45, 7) is 9.67. The Morgan fingerprint density at radius 2 is 1.86 bits per heavy atom. The van der Waals surface area contributed by atoms with Crippen LogP contribution in [-0.4, -0.2) is 8.96 Å². The van der Waals surface area contributed by atoms with Crippen LogP contribution in [0.5, 0.6) is 0 Å². The Morgan fingerprint density at radius 1 is 1.18 bits per heavy atom. The smallest absolute Gasteiger partial charge is 0.126 e. The lowest BCUT2D eigenvalue weighted by Crippen LogP contribution is -2.36. The van der Waals surface area contributed by atoms with E-state index in [1.165, 1.54) is 0 Å². The molecule has 0 radical (unpaired) electrons. The van der Waals surface area contributed by atoms with Crippen molar-refractivity contribution >= 4 is 16.7 Å². The molecule has 0 bridgehead atoms. The molecule has 0 spiro atoms. The molecule has 0 fully saturated rings. The number of aryl methyl sites for hydroxylation is 2. The molecule has 0 saturated heterocycles. The Morgan fingerprint density at radius 3 is 2.36 bits per heavy atom. The summed E-state index contributed by atoms with van der Waals surface area (Å²) in [5.41, 5.74) is 8.80. The third-order valence-electron chi connectivity index (χ3n) is 3.38. The molecule has 2 rings (SSSR count). The van der Waals surface area contributed by atoms with Crippen molar-refractivity contribution in [1.82, 2.24) is 4.72 Å². The van der Waals surface area contributed by atoms with Crippen LogP contribution in [0.25, 0.3) is 0 Å². The molecule has 0 aliphatic heterocycles. The van der Waals surface area contributed by atoms with Gasteiger partial charge in [-0.3, -0.25) is 0 Å². The molecule has 0 amide bonds. The van der Waals surface area contributed by atoms with Crippen LogP contribution in [0.2, 0.25) is 0 Å². The van der Waals surface area contributed by atoms with Crippen LogP contribution in [0.1, 0.15) is 49.5 Å². The Hall–Kier alpha value is -1.59. The molecule has 2 atom stereocenters. The van der Waals surface area contributed by atoms with Crippen LogP contribution in [-0.2, 0) is 11.0 Å². The number of furan rings is 1. The van der Waals surface area contributed by atoms with E-state index in [1.807, 2.05) is 65.0 Å². The second kappa shape index (κ2) is 6.26. The highest BCUT2D eigenvalue weighted by Gasteiger charge is 2.27. The summed E-state index contributed by atoms with van der Waals surface area (Å²) in [6, 6.07) is 9.32. The van der Waals surface area contributed by atoms with E-state index in [1.54, 1.807) is 0 Å². The monoisotopic (exact) mass is 320 g/mol. The average molecular weight is 320 g/mol. The Labute approximate surface area is 134 Å². The molecule has 0 saturated carbocycles. The highest BCUT2D eigenvalue weighted by atomic mass is 32.2. The van der Waals surface area contributed by atoms with Crippen molar-refractivity contribution < 1.29 is 8.63 Å². The molecule has 120 valence electrons. The quantitative estimate of drug-likeness (QED) is 0.845. The fourth-order valence-electron chi connectivity index (χ4n) is 2.12. The highest BCUT2D eigenvalue weighted by Crippen LogP contribution is 2.30. The molecule has 1 aromatic carbocycles. The van der Waals surface area contributed by atoms with Crippen molar-refractivity contribution in [2.24, 2.45) is 0 Å². The van der Waals surface area contributed by atoms with Gasteiger partial charge in [-0.25, -0.2) is 8.93 Å². The lowest BCUT2D eigenvalue weighted by molar-refractivity contribution is 0.455. The number of nitrogens with two attached hydrogens (primary N) is 1. The van der Waals surface area contributed by atoms with Gasteiger partial charge in [0.05, 0.1) is 15.7 Å². The number of nitrogens with one attached hydrogen (secondary N) is 1. The average Bonchev–Trinajstić information content (AvgIpc) is 2.82. The second-order valence-electron chi connectivity index (χ2n) is 6.51. The zero-order valence-electron chi connectivity index (χ0n) is 13.8. The molecule has 22 heavy (non-hydrogen) atoms. The maximum Gasteiger partial charge on any atom is 0.126 e. The summed E-state index contributed by atoms with van der Waals surface area (Å²) >= 11 is 0. The third-order valence-corrected chi connectivity index (χ3v) is 4.94. The summed E-state index contributed by atoms with van der Waals surface area (Å²) in [4.78, 5) is 0. The van der Waals surface area contributed by atoms with Gasteiger partial charge in [-0.2, -0.15) is 0 Å². The van der Waals surface area contributed by atoms with Crippen LogP contribution in [0.15, 0.2) is 34.7 Å². The molecule has 2 aromatic rings. The maximum absolute atomic E-state index is 12.5. The number of rotatable bonds is 4. The minimum atomic E-state index is -1.24. The van der Waals surface area contributed by atoms with Crippen molar-refractivity contribution in [3.8, 4) is 0 Å². The van der Waals surface area contributed by atoms with Crippen molar-refractivity contribution in [2.45, 2.75) is 45.4 Å². The van der Waals surface area contributed by atoms with E-state index in [4.69, 9.17) is 10.2 Å². The first kappa shape index (κ1) is 16.8. The first-order valence-electron chi connectivity index (χ1n) is 7.29. The van der Waals surface area contributed by atoms with Gasteiger partial charge in [0.25, 0.3) is 0 Å². The van der Waals surface area contributed by atoms with Crippen LogP contribution in [0.3, 0.4) is 0 Å². The minimum absolute atomic E-state index is 0.339. The Balaban J connectivity index is 2.44. The van der Waals surface area contributed by atoms with E-state index in [2.05, 4.69) is 4.72 Å². The Bertz CT molecular complexity index is 686. The first-order valence-corrected chi connectivity index (χ1v) is 8.44. The van der Waals surface area contributed by atoms with Crippen molar-refractivity contribution in [2.75, 3.05) is 5.73 Å². The zero-order valence-corrected chi connectivity index (χ0v) is 14.6. The van der Waals surface area contributed by atoms with E-state index >= 15 is 0 Å². The highest BCUT2D eigenvalue weighted by molar-refractivity contribution is 7.84. The lowest BCUT2D eigenvalue weighted by atomic mass is 10.0. The topological polar surface area (TPSA) is 68.3 Å². The summed E-state index contributed by atoms with van der Waals surface area (Å²) in [6.07, 6.45) is 0. The largest absolute Gasteiger partial charge is 0.464 e. The van der Waals surface area contributed by atoms with E-state index in [9.17, 15) is 4.21 Å². The Kier molecular flexibility index (Phi) is 4.78. The normalized spacial score (nSPS) is 14.8. The van der Waals surface area contributed by atoms with E-state index < -0.39 is 11.0 Å². The summed E-state index contributed by atoms with van der Waals surface area (Å²) in [5.74, 6) is 1.53. The maximum atomic E-state index is 12.5. The van der Waals surface area contributed by atoms with Gasteiger partial charge in [0.2, 0.25) is 0 Å². The molecule has 5 heteroatoms. The molecule has 0 aliphatic rings. The molecule has 1 heterocycles. The fraction of sp³-hybridized carbons (Fsp3) is 0.412. The summed E-state index contributed by atoms with van der Waals surface area (Å²) in [5, 5.41) is 0. The molecule has 1 aromatic heterocycles. The van der Waals surface area contributed by atoms with Crippen molar-refractivity contribution in [1.29, 1.82) is 0 Å². The van der Waals surface area contributed by atoms with Gasteiger partial charge in [-0.1, -0.05) is 12.1 Å². The van der Waals surface area contributed by atoms with Crippen molar-refractivity contribution in [3.63, 3.8) is 0 Å². The van der Waals surface area contributed by atoms with Gasteiger partial charge < -0.3 is 10.2 Å². The van der Waals surface area contributed by atoms with E-state index in [-0.39, 0.29) is 10.8 Å². The number of hydrogen-bond donors (Lipinski definition) is 2. The molecular formula is C17H24N2O2S. The summed E-state index contributed by atoms with van der Waals surface area (Å²) in [7, 11) is -1.24. The fourth-order valence-corrected chi connectivity index (χ4v) is 2.94. The minimum Gasteiger partial charge on any atom is -0.464 e. The van der Waals surface area contributed by atoms with Crippen LogP contribution < -0.4 is 10.5 Å². The standard InChI is InChI=1S/C17H24N2O2S/c1-11-6-8-13(14(18)10-11)16(15-9-7-12(2)21-15)19-22(20)17(3,4)5/h6-10,16,19H,18H2,1-5H3. The predicted octanol–water partition coefficient (Wildman–Crippen LogP) is 3.62. The molecule has 2 unspecified atom stereocenters.